The molecule has 182 valence electrons. The monoisotopic (exact) mass is 478 g/mol. The third kappa shape index (κ3) is 14.2. The molecular formula is C23H43O6PS. The fraction of sp³-hybridized carbons (Fsp3) is 0.913. The number of unbranched alkanes of at least 4 members (excludes halogenated alkanes) is 12. The van der Waals surface area contributed by atoms with Gasteiger partial charge in [-0.05, 0) is 12.8 Å². The number of rotatable bonds is 21. The molecular weight excluding hydrogens is 435 g/mol. The highest BCUT2D eigenvalue weighted by Crippen LogP contribution is 2.32. The average molecular weight is 479 g/mol. The Bertz CT molecular complexity index is 558. The Labute approximate surface area is 194 Å². The lowest BCUT2D eigenvalue weighted by Crippen LogP contribution is -2.49. The summed E-state index contributed by atoms with van der Waals surface area (Å²) in [5.74, 6) is -1.17. The van der Waals surface area contributed by atoms with Crippen LogP contribution in [-0.2, 0) is 23.5 Å². The minimum absolute atomic E-state index is 0.0415. The first-order valence-electron chi connectivity index (χ1n) is 12.0. The van der Waals surface area contributed by atoms with E-state index in [0.29, 0.717) is 12.8 Å². The summed E-state index contributed by atoms with van der Waals surface area (Å²) < 4.78 is 27.9. The molecule has 0 saturated carbocycles. The molecule has 0 rings (SSSR count). The number of thiol groups is 1. The summed E-state index contributed by atoms with van der Waals surface area (Å²) >= 11 is 3.92. The van der Waals surface area contributed by atoms with Crippen LogP contribution in [0.4, 0.5) is 0 Å². The summed E-state index contributed by atoms with van der Waals surface area (Å²) in [6, 6.07) is 0. The lowest BCUT2D eigenvalue weighted by atomic mass is 9.96. The maximum atomic E-state index is 12.6. The van der Waals surface area contributed by atoms with Crippen LogP contribution < -0.4 is 0 Å². The van der Waals surface area contributed by atoms with Crippen LogP contribution in [0, 0.1) is 0 Å². The van der Waals surface area contributed by atoms with Crippen molar-refractivity contribution in [3.8, 4) is 0 Å². The molecule has 0 aliphatic carbocycles. The molecule has 0 amide bonds. The zero-order chi connectivity index (χ0) is 23.5. The van der Waals surface area contributed by atoms with Crippen molar-refractivity contribution >= 4 is 32.1 Å². The van der Waals surface area contributed by atoms with Crippen molar-refractivity contribution in [2.45, 2.75) is 127 Å². The van der Waals surface area contributed by atoms with E-state index >= 15 is 0 Å². The number of carbonyl (C=O) groups excluding carboxylic acids is 2. The van der Waals surface area contributed by atoms with Gasteiger partial charge < -0.3 is 9.84 Å². The molecule has 0 spiro atoms. The lowest BCUT2D eigenvalue weighted by molar-refractivity contribution is -0.156. The third-order valence-electron chi connectivity index (χ3n) is 5.55. The molecule has 0 bridgehead atoms. The molecule has 0 aromatic carbocycles. The van der Waals surface area contributed by atoms with Crippen LogP contribution in [0.25, 0.3) is 0 Å². The first-order valence-corrected chi connectivity index (χ1v) is 13.8. The van der Waals surface area contributed by atoms with Crippen molar-refractivity contribution in [1.29, 1.82) is 0 Å². The Balaban J connectivity index is 4.43. The predicted molar refractivity (Wildman–Crippen MR) is 127 cm³/mol. The Kier molecular flexibility index (Phi) is 18.5. The van der Waals surface area contributed by atoms with Crippen molar-refractivity contribution in [2.24, 2.45) is 0 Å². The quantitative estimate of drug-likeness (QED) is 0.0841. The van der Waals surface area contributed by atoms with E-state index in [4.69, 9.17) is 4.74 Å². The van der Waals surface area contributed by atoms with E-state index in [0.717, 1.165) is 38.5 Å². The number of aliphatic hydroxyl groups is 1. The first-order chi connectivity index (χ1) is 14.8. The second kappa shape index (κ2) is 18.9. The highest BCUT2D eigenvalue weighted by atomic mass is 32.1. The van der Waals surface area contributed by atoms with E-state index < -0.39 is 36.6 Å². The summed E-state index contributed by atoms with van der Waals surface area (Å²) in [4.78, 5) is 23.0. The van der Waals surface area contributed by atoms with Crippen molar-refractivity contribution < 1.29 is 28.6 Å². The van der Waals surface area contributed by atoms with Gasteiger partial charge in [-0.1, -0.05) is 90.9 Å². The highest BCUT2D eigenvalue weighted by molar-refractivity contribution is 7.87. The molecule has 8 heteroatoms. The van der Waals surface area contributed by atoms with Crippen molar-refractivity contribution in [3.05, 3.63) is 0 Å². The maximum absolute atomic E-state index is 12.6. The number of ketones is 1. The van der Waals surface area contributed by atoms with Crippen LogP contribution in [0.2, 0.25) is 0 Å². The van der Waals surface area contributed by atoms with Gasteiger partial charge in [0.15, 0.2) is 16.4 Å². The second-order valence-corrected chi connectivity index (χ2v) is 10.4. The molecule has 1 N–H and O–H groups in total. The lowest BCUT2D eigenvalue weighted by Gasteiger charge is -2.27. The standard InChI is InChI=1S/C23H43O6PS/c1-3-5-7-9-11-13-15-17-20(24)23(26,22(31)30(27)28)19-29-21(25)18-16-14-12-10-8-6-4-2/h22,26,31H,3-19H2,1-2H3. The van der Waals surface area contributed by atoms with Crippen LogP contribution in [0.3, 0.4) is 0 Å². The van der Waals surface area contributed by atoms with Crippen LogP contribution in [0.1, 0.15) is 117 Å². The molecule has 0 aromatic heterocycles. The number of esters is 1. The third-order valence-corrected chi connectivity index (χ3v) is 7.37. The number of hydrogen-bond acceptors (Lipinski definition) is 7. The van der Waals surface area contributed by atoms with Gasteiger partial charge in [-0.25, -0.2) is 9.13 Å². The van der Waals surface area contributed by atoms with E-state index in [2.05, 4.69) is 26.5 Å². The molecule has 2 atom stereocenters. The van der Waals surface area contributed by atoms with Crippen LogP contribution in [0.5, 0.6) is 0 Å². The summed E-state index contributed by atoms with van der Waals surface area (Å²) in [6.07, 6.45) is 14.7. The molecule has 2 unspecified atom stereocenters. The van der Waals surface area contributed by atoms with Crippen molar-refractivity contribution in [1.82, 2.24) is 0 Å². The normalized spacial score (nSPS) is 14.1. The zero-order valence-electron chi connectivity index (χ0n) is 19.5. The topological polar surface area (TPSA) is 97.7 Å². The van der Waals surface area contributed by atoms with Crippen LogP contribution in [0.15, 0.2) is 0 Å². The summed E-state index contributed by atoms with van der Waals surface area (Å²) in [6.45, 7) is 3.64. The number of carbonyl (C=O) groups is 2. The van der Waals surface area contributed by atoms with E-state index in [-0.39, 0.29) is 12.8 Å². The average Bonchev–Trinajstić information content (AvgIpc) is 2.75. The molecule has 0 aliphatic heterocycles. The second-order valence-electron chi connectivity index (χ2n) is 8.41. The van der Waals surface area contributed by atoms with Crippen LogP contribution >= 0.6 is 20.3 Å². The summed E-state index contributed by atoms with van der Waals surface area (Å²) in [5, 5.41) is 10.7. The molecule has 0 aliphatic rings. The fourth-order valence-corrected chi connectivity index (χ4v) is 4.21. The maximum Gasteiger partial charge on any atom is 0.332 e. The van der Waals surface area contributed by atoms with Gasteiger partial charge in [0.25, 0.3) is 0 Å². The Morgan fingerprint density at radius 1 is 0.806 bits per heavy atom. The minimum Gasteiger partial charge on any atom is -0.462 e. The largest absolute Gasteiger partial charge is 0.462 e. The SMILES string of the molecule is CCCCCCCCCC(=O)OCC(O)(C(=O)CCCCCCCCC)C(S)P(=O)=O. The molecule has 0 heterocycles. The molecule has 0 aromatic rings. The minimum atomic E-state index is -3.16. The predicted octanol–water partition coefficient (Wildman–Crippen LogP) is 6.54. The van der Waals surface area contributed by atoms with Gasteiger partial charge in [-0.15, -0.1) is 0 Å². The highest BCUT2D eigenvalue weighted by Gasteiger charge is 2.46. The van der Waals surface area contributed by atoms with Crippen molar-refractivity contribution in [3.63, 3.8) is 0 Å². The molecule has 31 heavy (non-hydrogen) atoms. The van der Waals surface area contributed by atoms with Crippen molar-refractivity contribution in [2.75, 3.05) is 6.61 Å². The Morgan fingerprint density at radius 2 is 1.23 bits per heavy atom. The number of hydrogen-bond donors (Lipinski definition) is 2. The van der Waals surface area contributed by atoms with Gasteiger partial charge in [0.2, 0.25) is 0 Å². The van der Waals surface area contributed by atoms with Gasteiger partial charge in [-0.3, -0.25) is 9.59 Å². The van der Waals surface area contributed by atoms with Gasteiger partial charge >= 0.3 is 13.6 Å². The van der Waals surface area contributed by atoms with Gasteiger partial charge in [-0.2, -0.15) is 12.6 Å². The molecule has 0 radical (unpaired) electrons. The van der Waals surface area contributed by atoms with Gasteiger partial charge in [0, 0.05) is 12.8 Å². The summed E-state index contributed by atoms with van der Waals surface area (Å²) in [7, 11) is -3.16. The molecule has 0 fully saturated rings. The fourth-order valence-electron chi connectivity index (χ4n) is 3.42. The zero-order valence-corrected chi connectivity index (χ0v) is 21.3. The van der Waals surface area contributed by atoms with E-state index in [1.165, 1.54) is 38.5 Å². The smallest absolute Gasteiger partial charge is 0.332 e. The molecule has 6 nitrogen and oxygen atoms in total. The van der Waals surface area contributed by atoms with Crippen LogP contribution in [-0.4, -0.2) is 34.1 Å². The molecule has 0 saturated heterocycles. The Morgan fingerprint density at radius 3 is 1.68 bits per heavy atom. The Hall–Kier alpha value is -0.650. The van der Waals surface area contributed by atoms with E-state index in [9.17, 15) is 23.8 Å². The number of Topliss-reactive ketones (excluding diaryl/α,β-unsaturated/α-hetero) is 1. The summed E-state index contributed by atoms with van der Waals surface area (Å²) in [5.41, 5.74) is -2.31. The van der Waals surface area contributed by atoms with Gasteiger partial charge in [0.1, 0.15) is 6.61 Å². The number of ether oxygens (including phenoxy) is 1. The van der Waals surface area contributed by atoms with E-state index in [1.54, 1.807) is 0 Å². The van der Waals surface area contributed by atoms with E-state index in [1.807, 2.05) is 0 Å². The van der Waals surface area contributed by atoms with Gasteiger partial charge in [0.05, 0.1) is 0 Å². The first kappa shape index (κ1) is 30.4.